The van der Waals surface area contributed by atoms with Gasteiger partial charge in [-0.05, 0) is 74.1 Å². The van der Waals surface area contributed by atoms with Crippen LogP contribution in [0.1, 0.15) is 36.2 Å². The number of amides is 1. The molecule has 1 saturated heterocycles. The van der Waals surface area contributed by atoms with Crippen molar-refractivity contribution in [2.45, 2.75) is 37.8 Å². The van der Waals surface area contributed by atoms with Gasteiger partial charge in [0, 0.05) is 18.2 Å². The summed E-state index contributed by atoms with van der Waals surface area (Å²) in [4.78, 5) is 13.1. The van der Waals surface area contributed by atoms with Crippen LogP contribution in [0, 0.1) is 5.92 Å². The molecule has 0 bridgehead atoms. The van der Waals surface area contributed by atoms with Crippen LogP contribution < -0.4 is 10.1 Å². The molecule has 1 aromatic heterocycles. The van der Waals surface area contributed by atoms with Crippen molar-refractivity contribution in [3.05, 3.63) is 66.4 Å². The van der Waals surface area contributed by atoms with E-state index in [4.69, 9.17) is 9.47 Å². The fraction of sp³-hybridized carbons (Fsp3) is 0.360. The smallest absolute Gasteiger partial charge is 0.272 e. The van der Waals surface area contributed by atoms with Gasteiger partial charge in [0.2, 0.25) is 0 Å². The second-order valence-electron chi connectivity index (χ2n) is 8.33. The van der Waals surface area contributed by atoms with E-state index in [2.05, 4.69) is 10.4 Å². The maximum atomic E-state index is 13.1. The molecular weight excluding hydrogens is 390 g/mol. The summed E-state index contributed by atoms with van der Waals surface area (Å²) in [6.45, 7) is 0.710. The van der Waals surface area contributed by atoms with E-state index in [9.17, 15) is 4.79 Å². The minimum Gasteiger partial charge on any atom is -0.497 e. The SMILES string of the molecule is COc1ccc(-c2cc(C(=O)NC3CCOC(C4CC4)C3)nn2-c2ccccc2)cc1. The molecule has 5 rings (SSSR count). The molecule has 2 fully saturated rings. The number of aromatic nitrogens is 2. The molecule has 2 unspecified atom stereocenters. The molecule has 6 heteroatoms. The van der Waals surface area contributed by atoms with E-state index in [1.165, 1.54) is 12.8 Å². The lowest BCUT2D eigenvalue weighted by atomic mass is 10.00. The number of hydrogen-bond acceptors (Lipinski definition) is 4. The number of nitrogens with zero attached hydrogens (tertiary/aromatic N) is 2. The summed E-state index contributed by atoms with van der Waals surface area (Å²) in [7, 11) is 1.65. The molecule has 2 heterocycles. The number of carbonyl (C=O) groups is 1. The molecule has 160 valence electrons. The normalized spacial score (nSPS) is 20.9. The molecule has 2 atom stereocenters. The van der Waals surface area contributed by atoms with Gasteiger partial charge < -0.3 is 14.8 Å². The second kappa shape index (κ2) is 8.55. The van der Waals surface area contributed by atoms with E-state index >= 15 is 0 Å². The van der Waals surface area contributed by atoms with Gasteiger partial charge in [-0.2, -0.15) is 5.10 Å². The highest BCUT2D eigenvalue weighted by atomic mass is 16.5. The summed E-state index contributed by atoms with van der Waals surface area (Å²) in [6, 6.07) is 19.7. The molecule has 2 aromatic carbocycles. The van der Waals surface area contributed by atoms with Crippen LogP contribution in [0.2, 0.25) is 0 Å². The van der Waals surface area contributed by atoms with Crippen LogP contribution in [-0.4, -0.2) is 41.6 Å². The van der Waals surface area contributed by atoms with Crippen molar-refractivity contribution < 1.29 is 14.3 Å². The Bertz CT molecular complexity index is 1040. The molecule has 6 nitrogen and oxygen atoms in total. The third-order valence-corrected chi connectivity index (χ3v) is 6.13. The van der Waals surface area contributed by atoms with Gasteiger partial charge in [0.25, 0.3) is 5.91 Å². The number of ether oxygens (including phenoxy) is 2. The molecule has 1 N–H and O–H groups in total. The Morgan fingerprint density at radius 1 is 1.10 bits per heavy atom. The number of hydrogen-bond donors (Lipinski definition) is 1. The van der Waals surface area contributed by atoms with Gasteiger partial charge in [0.15, 0.2) is 5.69 Å². The van der Waals surface area contributed by atoms with E-state index in [0.717, 1.165) is 35.5 Å². The molecule has 0 spiro atoms. The minimum atomic E-state index is -0.133. The Balaban J connectivity index is 1.41. The van der Waals surface area contributed by atoms with Crippen molar-refractivity contribution >= 4 is 5.91 Å². The van der Waals surface area contributed by atoms with Crippen LogP contribution in [-0.2, 0) is 4.74 Å². The van der Waals surface area contributed by atoms with E-state index in [0.29, 0.717) is 18.2 Å². The zero-order valence-electron chi connectivity index (χ0n) is 17.7. The largest absolute Gasteiger partial charge is 0.497 e. The molecule has 1 aliphatic heterocycles. The second-order valence-corrected chi connectivity index (χ2v) is 8.33. The Kier molecular flexibility index (Phi) is 5.47. The van der Waals surface area contributed by atoms with Crippen LogP contribution in [0.4, 0.5) is 0 Å². The van der Waals surface area contributed by atoms with Crippen LogP contribution >= 0.6 is 0 Å². The zero-order chi connectivity index (χ0) is 21.2. The van der Waals surface area contributed by atoms with Gasteiger partial charge in [0.05, 0.1) is 24.6 Å². The van der Waals surface area contributed by atoms with Crippen molar-refractivity contribution in [1.29, 1.82) is 0 Å². The monoisotopic (exact) mass is 417 g/mol. The van der Waals surface area contributed by atoms with Gasteiger partial charge >= 0.3 is 0 Å². The number of carbonyl (C=O) groups excluding carboxylic acids is 1. The van der Waals surface area contributed by atoms with E-state index in [1.54, 1.807) is 7.11 Å². The maximum absolute atomic E-state index is 13.1. The third kappa shape index (κ3) is 4.35. The standard InChI is InChI=1S/C25H27N3O3/c1-30-21-11-9-17(10-12-21)23-16-22(27-28(23)20-5-3-2-4-6-20)25(29)26-19-13-14-31-24(15-19)18-7-8-18/h2-6,9-12,16,18-19,24H,7-8,13-15H2,1H3,(H,26,29). The fourth-order valence-electron chi connectivity index (χ4n) is 4.24. The van der Waals surface area contributed by atoms with Crippen LogP contribution in [0.5, 0.6) is 5.75 Å². The lowest BCUT2D eigenvalue weighted by Gasteiger charge is -2.30. The zero-order valence-corrected chi connectivity index (χ0v) is 17.7. The Hall–Kier alpha value is -3.12. The summed E-state index contributed by atoms with van der Waals surface area (Å²) in [6.07, 6.45) is 4.52. The van der Waals surface area contributed by atoms with E-state index in [1.807, 2.05) is 65.3 Å². The highest BCUT2D eigenvalue weighted by Gasteiger charge is 2.36. The summed E-state index contributed by atoms with van der Waals surface area (Å²) in [5, 5.41) is 7.87. The van der Waals surface area contributed by atoms with Gasteiger partial charge in [-0.1, -0.05) is 18.2 Å². The fourth-order valence-corrected chi connectivity index (χ4v) is 4.24. The molecule has 31 heavy (non-hydrogen) atoms. The van der Waals surface area contributed by atoms with Crippen LogP contribution in [0.3, 0.4) is 0 Å². The lowest BCUT2D eigenvalue weighted by molar-refractivity contribution is -0.0102. The first-order chi connectivity index (χ1) is 15.2. The third-order valence-electron chi connectivity index (χ3n) is 6.13. The van der Waals surface area contributed by atoms with Gasteiger partial charge in [-0.3, -0.25) is 4.79 Å². The number of para-hydroxylation sites is 1. The summed E-state index contributed by atoms with van der Waals surface area (Å²) in [5.74, 6) is 1.33. The van der Waals surface area contributed by atoms with Gasteiger partial charge in [-0.25, -0.2) is 4.68 Å². The van der Waals surface area contributed by atoms with Crippen LogP contribution in [0.25, 0.3) is 16.9 Å². The molecule has 2 aliphatic rings. The number of benzene rings is 2. The van der Waals surface area contributed by atoms with E-state index in [-0.39, 0.29) is 18.1 Å². The first-order valence-corrected chi connectivity index (χ1v) is 10.9. The quantitative estimate of drug-likeness (QED) is 0.652. The first-order valence-electron chi connectivity index (χ1n) is 10.9. The molecule has 3 aromatic rings. The minimum absolute atomic E-state index is 0.133. The van der Waals surface area contributed by atoms with Gasteiger partial charge in [-0.15, -0.1) is 0 Å². The van der Waals surface area contributed by atoms with Crippen molar-refractivity contribution in [1.82, 2.24) is 15.1 Å². The predicted molar refractivity (Wildman–Crippen MR) is 119 cm³/mol. The number of nitrogens with one attached hydrogen (secondary N) is 1. The summed E-state index contributed by atoms with van der Waals surface area (Å²) in [5.41, 5.74) is 3.16. The van der Waals surface area contributed by atoms with Crippen molar-refractivity contribution in [3.63, 3.8) is 0 Å². The van der Waals surface area contributed by atoms with Gasteiger partial charge in [0.1, 0.15) is 5.75 Å². The highest BCUT2D eigenvalue weighted by molar-refractivity contribution is 5.93. The average Bonchev–Trinajstić information content (AvgIpc) is 3.58. The maximum Gasteiger partial charge on any atom is 0.272 e. The first kappa shape index (κ1) is 19.8. The average molecular weight is 418 g/mol. The molecule has 1 amide bonds. The van der Waals surface area contributed by atoms with Crippen LogP contribution in [0.15, 0.2) is 60.7 Å². The number of methoxy groups -OCH3 is 1. The Morgan fingerprint density at radius 2 is 1.87 bits per heavy atom. The summed E-state index contributed by atoms with van der Waals surface area (Å²) < 4.78 is 13.0. The van der Waals surface area contributed by atoms with Crippen molar-refractivity contribution in [2.75, 3.05) is 13.7 Å². The molecule has 1 aliphatic carbocycles. The van der Waals surface area contributed by atoms with Crippen molar-refractivity contribution in [2.24, 2.45) is 5.92 Å². The Morgan fingerprint density at radius 3 is 2.58 bits per heavy atom. The highest BCUT2D eigenvalue weighted by Crippen LogP contribution is 2.38. The summed E-state index contributed by atoms with van der Waals surface area (Å²) >= 11 is 0. The predicted octanol–water partition coefficient (Wildman–Crippen LogP) is 4.24. The molecular formula is C25H27N3O3. The van der Waals surface area contributed by atoms with Crippen molar-refractivity contribution in [3.8, 4) is 22.7 Å². The Labute approximate surface area is 182 Å². The topological polar surface area (TPSA) is 65.4 Å². The van der Waals surface area contributed by atoms with E-state index < -0.39 is 0 Å². The molecule has 0 radical (unpaired) electrons. The molecule has 1 saturated carbocycles. The number of rotatable bonds is 6. The lowest BCUT2D eigenvalue weighted by Crippen LogP contribution is -2.42.